The number of esters is 1. The lowest BCUT2D eigenvalue weighted by Gasteiger charge is -2.18. The Bertz CT molecular complexity index is 1230. The van der Waals surface area contributed by atoms with Crippen LogP contribution >= 0.6 is 0 Å². The fourth-order valence-electron chi connectivity index (χ4n) is 7.81. The Morgan fingerprint density at radius 1 is 0.469 bits per heavy atom. The van der Waals surface area contributed by atoms with E-state index in [0.717, 1.165) is 122 Å². The second-order valence-electron chi connectivity index (χ2n) is 17.9. The van der Waals surface area contributed by atoms with Gasteiger partial charge < -0.3 is 20.9 Å². The van der Waals surface area contributed by atoms with Gasteiger partial charge in [0, 0.05) is 12.8 Å². The summed E-state index contributed by atoms with van der Waals surface area (Å²) in [7, 11) is 0. The summed E-state index contributed by atoms with van der Waals surface area (Å²) in [4.78, 5) is 36.6. The summed E-state index contributed by atoms with van der Waals surface area (Å²) in [6, 6.07) is -0.862. The van der Waals surface area contributed by atoms with E-state index in [1.54, 1.807) is 0 Å². The number of aliphatic carboxylic acids is 1. The Balaban J connectivity index is 4.34. The molecule has 0 aromatic carbocycles. The first-order valence-corrected chi connectivity index (χ1v) is 26.8. The summed E-state index contributed by atoms with van der Waals surface area (Å²) in [6.07, 6.45) is 66.7. The van der Waals surface area contributed by atoms with Crippen molar-refractivity contribution in [2.24, 2.45) is 5.73 Å². The molecule has 2 atom stereocenters. The van der Waals surface area contributed by atoms with Crippen LogP contribution in [0.4, 0.5) is 0 Å². The SMILES string of the molecule is CC/C=C\C/C=C\C/C=C\C/C=C\C/C=C\C/C=C\CCCCCCC(=O)OC(CCCCCCCCCCCCCCCCC)CCCCCCCC(=O)NC(CCCN)C(=O)O. The highest BCUT2D eigenvalue weighted by Crippen LogP contribution is 2.19. The van der Waals surface area contributed by atoms with Crippen LogP contribution in [0.5, 0.6) is 0 Å². The molecule has 0 aliphatic carbocycles. The van der Waals surface area contributed by atoms with E-state index in [1.807, 2.05) is 0 Å². The van der Waals surface area contributed by atoms with Crippen molar-refractivity contribution in [1.29, 1.82) is 0 Å². The molecule has 2 unspecified atom stereocenters. The molecule has 1 amide bonds. The predicted molar refractivity (Wildman–Crippen MR) is 276 cm³/mol. The number of ether oxygens (including phenoxy) is 1. The Labute approximate surface area is 394 Å². The van der Waals surface area contributed by atoms with Crippen LogP contribution in [0.2, 0.25) is 0 Å². The Kier molecular flexibility index (Phi) is 48.3. The summed E-state index contributed by atoms with van der Waals surface area (Å²) < 4.78 is 6.09. The van der Waals surface area contributed by atoms with Gasteiger partial charge in [-0.15, -0.1) is 0 Å². The lowest BCUT2D eigenvalue weighted by atomic mass is 10.0. The Hall–Kier alpha value is -3.19. The van der Waals surface area contributed by atoms with E-state index in [9.17, 15) is 19.5 Å². The monoisotopic (exact) mass is 893 g/mol. The summed E-state index contributed by atoms with van der Waals surface area (Å²) in [5.41, 5.74) is 5.51. The molecule has 4 N–H and O–H groups in total. The van der Waals surface area contributed by atoms with Gasteiger partial charge in [0.1, 0.15) is 12.1 Å². The fourth-order valence-corrected chi connectivity index (χ4v) is 7.81. The van der Waals surface area contributed by atoms with Gasteiger partial charge in [-0.05, 0) is 109 Å². The fraction of sp³-hybridized carbons (Fsp3) is 0.737. The molecule has 0 rings (SSSR count). The maximum atomic E-state index is 12.9. The van der Waals surface area contributed by atoms with Crippen LogP contribution in [0.3, 0.4) is 0 Å². The number of carbonyl (C=O) groups excluding carboxylic acids is 2. The standard InChI is InChI=1S/C57H100N2O5/c1-3-5-7-9-11-13-15-17-19-20-21-22-23-24-25-26-28-30-32-34-36-41-45-51-56(61)64-53(47-42-38-35-33-31-29-27-18-16-14-12-10-8-6-4-2)48-43-39-37-40-44-50-55(60)59-54(57(62)63)49-46-52-58/h5,7,11,13,17,19,21-22,24-25,28,30,53-54H,3-4,6,8-10,12,14-16,18,20,23,26-27,29,31-52,58H2,1-2H3,(H,59,60)(H,62,63)/b7-5-,13-11-,19-17-,22-21-,25-24-,30-28-. The van der Waals surface area contributed by atoms with Crippen molar-refractivity contribution in [1.82, 2.24) is 5.32 Å². The zero-order valence-corrected chi connectivity index (χ0v) is 41.6. The van der Waals surface area contributed by atoms with E-state index in [-0.39, 0.29) is 18.0 Å². The van der Waals surface area contributed by atoms with Gasteiger partial charge in [-0.2, -0.15) is 0 Å². The smallest absolute Gasteiger partial charge is 0.326 e. The number of carboxylic acid groups (broad SMARTS) is 1. The average molecular weight is 893 g/mol. The van der Waals surface area contributed by atoms with Crippen molar-refractivity contribution in [3.05, 3.63) is 72.9 Å². The molecule has 0 saturated carbocycles. The first-order chi connectivity index (χ1) is 31.4. The zero-order chi connectivity index (χ0) is 46.7. The third-order valence-electron chi connectivity index (χ3n) is 11.8. The molecule has 0 aromatic rings. The zero-order valence-electron chi connectivity index (χ0n) is 41.6. The van der Waals surface area contributed by atoms with Crippen LogP contribution in [0.25, 0.3) is 0 Å². The molecule has 0 fully saturated rings. The normalized spacial score (nSPS) is 13.2. The topological polar surface area (TPSA) is 119 Å². The molecule has 7 nitrogen and oxygen atoms in total. The minimum Gasteiger partial charge on any atom is -0.480 e. The molecule has 0 radical (unpaired) electrons. The second kappa shape index (κ2) is 50.8. The molecule has 0 bridgehead atoms. The maximum absolute atomic E-state index is 12.9. The van der Waals surface area contributed by atoms with Gasteiger partial charge >= 0.3 is 11.9 Å². The number of nitrogens with two attached hydrogens (primary N) is 1. The number of hydrogen-bond donors (Lipinski definition) is 3. The largest absolute Gasteiger partial charge is 0.480 e. The molecule has 7 heteroatoms. The van der Waals surface area contributed by atoms with E-state index >= 15 is 0 Å². The first-order valence-electron chi connectivity index (χ1n) is 26.8. The molecule has 64 heavy (non-hydrogen) atoms. The van der Waals surface area contributed by atoms with Crippen molar-refractivity contribution in [2.45, 2.75) is 264 Å². The molecule has 0 heterocycles. The van der Waals surface area contributed by atoms with Crippen LogP contribution < -0.4 is 11.1 Å². The van der Waals surface area contributed by atoms with Crippen LogP contribution in [0.1, 0.15) is 251 Å². The van der Waals surface area contributed by atoms with Crippen molar-refractivity contribution >= 4 is 17.8 Å². The summed E-state index contributed by atoms with van der Waals surface area (Å²) in [5.74, 6) is -1.25. The molecule has 0 spiro atoms. The van der Waals surface area contributed by atoms with Gasteiger partial charge in [-0.25, -0.2) is 4.79 Å². The van der Waals surface area contributed by atoms with E-state index in [2.05, 4.69) is 92.1 Å². The third kappa shape index (κ3) is 46.8. The summed E-state index contributed by atoms with van der Waals surface area (Å²) in [5, 5.41) is 12.0. The van der Waals surface area contributed by atoms with E-state index < -0.39 is 12.0 Å². The van der Waals surface area contributed by atoms with Crippen LogP contribution in [-0.4, -0.2) is 41.6 Å². The van der Waals surface area contributed by atoms with Crippen LogP contribution in [-0.2, 0) is 19.1 Å². The summed E-state index contributed by atoms with van der Waals surface area (Å²) in [6.45, 7) is 4.85. The van der Waals surface area contributed by atoms with Gasteiger partial charge in [-0.3, -0.25) is 9.59 Å². The molecule has 0 aromatic heterocycles. The number of carboxylic acids is 1. The highest BCUT2D eigenvalue weighted by Gasteiger charge is 2.19. The lowest BCUT2D eigenvalue weighted by Crippen LogP contribution is -2.40. The Morgan fingerprint density at radius 3 is 1.30 bits per heavy atom. The van der Waals surface area contributed by atoms with E-state index in [1.165, 1.54) is 89.9 Å². The van der Waals surface area contributed by atoms with E-state index in [0.29, 0.717) is 32.2 Å². The number of unbranched alkanes of at least 4 members (excludes halogenated alkanes) is 22. The third-order valence-corrected chi connectivity index (χ3v) is 11.8. The number of rotatable bonds is 48. The van der Waals surface area contributed by atoms with Crippen molar-refractivity contribution in [3.8, 4) is 0 Å². The molecule has 0 saturated heterocycles. The second-order valence-corrected chi connectivity index (χ2v) is 17.9. The molecular formula is C57H100N2O5. The van der Waals surface area contributed by atoms with Gasteiger partial charge in [0.2, 0.25) is 5.91 Å². The van der Waals surface area contributed by atoms with Gasteiger partial charge in [0.05, 0.1) is 0 Å². The minimum absolute atomic E-state index is 0.00479. The van der Waals surface area contributed by atoms with Gasteiger partial charge in [-0.1, -0.05) is 209 Å². The Morgan fingerprint density at radius 2 is 0.859 bits per heavy atom. The average Bonchev–Trinajstić information content (AvgIpc) is 3.28. The number of carbonyl (C=O) groups is 3. The number of nitrogens with one attached hydrogen (secondary N) is 1. The number of hydrogen-bond acceptors (Lipinski definition) is 5. The van der Waals surface area contributed by atoms with E-state index in [4.69, 9.17) is 10.5 Å². The molecule has 0 aliphatic heterocycles. The molecule has 368 valence electrons. The predicted octanol–water partition coefficient (Wildman–Crippen LogP) is 16.2. The van der Waals surface area contributed by atoms with Crippen molar-refractivity contribution in [2.75, 3.05) is 6.54 Å². The van der Waals surface area contributed by atoms with Crippen molar-refractivity contribution in [3.63, 3.8) is 0 Å². The minimum atomic E-state index is -1.01. The number of amides is 1. The maximum Gasteiger partial charge on any atom is 0.326 e. The highest BCUT2D eigenvalue weighted by atomic mass is 16.5. The van der Waals surface area contributed by atoms with Crippen molar-refractivity contribution < 1.29 is 24.2 Å². The highest BCUT2D eigenvalue weighted by molar-refractivity contribution is 5.83. The van der Waals surface area contributed by atoms with Gasteiger partial charge in [0.15, 0.2) is 0 Å². The van der Waals surface area contributed by atoms with Gasteiger partial charge in [0.25, 0.3) is 0 Å². The molecule has 0 aliphatic rings. The summed E-state index contributed by atoms with van der Waals surface area (Å²) >= 11 is 0. The van der Waals surface area contributed by atoms with Crippen LogP contribution in [0, 0.1) is 0 Å². The van der Waals surface area contributed by atoms with Crippen LogP contribution in [0.15, 0.2) is 72.9 Å². The first kappa shape index (κ1) is 60.8. The molecular weight excluding hydrogens is 793 g/mol. The lowest BCUT2D eigenvalue weighted by molar-refractivity contribution is -0.150. The quantitative estimate of drug-likeness (QED) is 0.0318. The number of allylic oxidation sites excluding steroid dienone is 12.